The molecule has 0 radical (unpaired) electrons. The van der Waals surface area contributed by atoms with Crippen LogP contribution in [-0.4, -0.2) is 38.9 Å². The van der Waals surface area contributed by atoms with Crippen LogP contribution in [0.2, 0.25) is 0 Å². The fourth-order valence-electron chi connectivity index (χ4n) is 3.06. The van der Waals surface area contributed by atoms with E-state index in [1.165, 1.54) is 0 Å². The van der Waals surface area contributed by atoms with Crippen LogP contribution in [0.4, 0.5) is 5.95 Å². The van der Waals surface area contributed by atoms with Crippen molar-refractivity contribution < 1.29 is 9.32 Å². The number of nitrogens with zero attached hydrogens (tertiary/aromatic N) is 4. The molecule has 1 fully saturated rings. The van der Waals surface area contributed by atoms with Crippen molar-refractivity contribution in [1.29, 1.82) is 0 Å². The van der Waals surface area contributed by atoms with Crippen LogP contribution in [0.1, 0.15) is 35.1 Å². The molecule has 2 aromatic heterocycles. The van der Waals surface area contributed by atoms with Crippen LogP contribution in [0.15, 0.2) is 40.9 Å². The van der Waals surface area contributed by atoms with Gasteiger partial charge in [0.1, 0.15) is 5.69 Å². The van der Waals surface area contributed by atoms with E-state index in [1.807, 2.05) is 30.3 Å². The number of carbonyl (C=O) groups is 1. The zero-order chi connectivity index (χ0) is 17.9. The molecule has 0 saturated carbocycles. The van der Waals surface area contributed by atoms with Crippen LogP contribution < -0.4 is 10.6 Å². The number of aryl methyl sites for hydroxylation is 1. The number of aromatic nitrogens is 4. The van der Waals surface area contributed by atoms with Crippen molar-refractivity contribution in [2.75, 3.05) is 18.4 Å². The van der Waals surface area contributed by atoms with Crippen LogP contribution in [0.25, 0.3) is 11.3 Å². The number of amides is 1. The molecule has 3 aromatic rings. The lowest BCUT2D eigenvalue weighted by Crippen LogP contribution is -2.27. The predicted molar refractivity (Wildman–Crippen MR) is 103 cm³/mol. The molecule has 2 N–H and O–H groups in total. The molecule has 0 spiro atoms. The van der Waals surface area contributed by atoms with E-state index >= 15 is 0 Å². The maximum Gasteiger partial charge on any atom is 0.296 e. The summed E-state index contributed by atoms with van der Waals surface area (Å²) in [5, 5.41) is 14.5. The second kappa shape index (κ2) is 8.32. The van der Waals surface area contributed by atoms with Gasteiger partial charge in [-0.15, -0.1) is 12.4 Å². The highest BCUT2D eigenvalue weighted by Crippen LogP contribution is 2.24. The van der Waals surface area contributed by atoms with Gasteiger partial charge in [0.2, 0.25) is 11.7 Å². The van der Waals surface area contributed by atoms with E-state index in [2.05, 4.69) is 25.9 Å². The average Bonchev–Trinajstić information content (AvgIpc) is 3.31. The fraction of sp³-hybridized carbons (Fsp3) is 0.333. The van der Waals surface area contributed by atoms with E-state index in [1.54, 1.807) is 17.8 Å². The maximum atomic E-state index is 12.5. The van der Waals surface area contributed by atoms with Gasteiger partial charge in [0, 0.05) is 24.6 Å². The monoisotopic (exact) mass is 388 g/mol. The van der Waals surface area contributed by atoms with E-state index < -0.39 is 5.91 Å². The largest absolute Gasteiger partial charge is 0.350 e. The number of hydrogen-bond donors (Lipinski definition) is 2. The quantitative estimate of drug-likeness (QED) is 0.713. The van der Waals surface area contributed by atoms with E-state index in [0.717, 1.165) is 37.3 Å². The van der Waals surface area contributed by atoms with Gasteiger partial charge < -0.3 is 9.84 Å². The molecule has 142 valence electrons. The van der Waals surface area contributed by atoms with Gasteiger partial charge in [-0.2, -0.15) is 10.1 Å². The Hall–Kier alpha value is -2.71. The van der Waals surface area contributed by atoms with Gasteiger partial charge in [-0.1, -0.05) is 35.5 Å². The number of carbonyl (C=O) groups excluding carboxylic acids is 1. The minimum atomic E-state index is -0.396. The Morgan fingerprint density at radius 3 is 2.74 bits per heavy atom. The first kappa shape index (κ1) is 19.1. The summed E-state index contributed by atoms with van der Waals surface area (Å²) in [4.78, 5) is 17.0. The van der Waals surface area contributed by atoms with Crippen LogP contribution >= 0.6 is 12.4 Å². The second-order valence-electron chi connectivity index (χ2n) is 6.34. The Labute approximate surface area is 162 Å². The van der Waals surface area contributed by atoms with Crippen molar-refractivity contribution in [1.82, 2.24) is 25.2 Å². The Morgan fingerprint density at radius 1 is 1.26 bits per heavy atom. The Morgan fingerprint density at radius 2 is 2.00 bits per heavy atom. The molecule has 0 atom stereocenters. The van der Waals surface area contributed by atoms with Gasteiger partial charge in [0.15, 0.2) is 5.82 Å². The summed E-state index contributed by atoms with van der Waals surface area (Å²) in [5.41, 5.74) is 1.51. The third-order valence-electron chi connectivity index (χ3n) is 4.51. The number of rotatable bonds is 4. The van der Waals surface area contributed by atoms with Crippen molar-refractivity contribution in [2.45, 2.75) is 18.8 Å². The number of benzene rings is 1. The van der Waals surface area contributed by atoms with Crippen LogP contribution in [-0.2, 0) is 7.05 Å². The summed E-state index contributed by atoms with van der Waals surface area (Å²) < 4.78 is 6.78. The summed E-state index contributed by atoms with van der Waals surface area (Å²) in [5.74, 6) is 1.23. The predicted octanol–water partition coefficient (Wildman–Crippen LogP) is 2.61. The molecular formula is C18H21ClN6O2. The molecule has 1 amide bonds. The van der Waals surface area contributed by atoms with Crippen molar-refractivity contribution in [3.8, 4) is 11.3 Å². The van der Waals surface area contributed by atoms with Crippen LogP contribution in [0.5, 0.6) is 0 Å². The highest BCUT2D eigenvalue weighted by molar-refractivity contribution is 6.01. The molecule has 1 aliphatic heterocycles. The second-order valence-corrected chi connectivity index (χ2v) is 6.34. The smallest absolute Gasteiger partial charge is 0.296 e. The molecule has 27 heavy (non-hydrogen) atoms. The molecule has 0 unspecified atom stereocenters. The summed E-state index contributed by atoms with van der Waals surface area (Å²) in [6.45, 7) is 1.93. The minimum absolute atomic E-state index is 0. The van der Waals surface area contributed by atoms with Crippen molar-refractivity contribution in [3.05, 3.63) is 48.0 Å². The van der Waals surface area contributed by atoms with Gasteiger partial charge >= 0.3 is 0 Å². The van der Waals surface area contributed by atoms with E-state index in [0.29, 0.717) is 17.6 Å². The number of halogens is 1. The molecule has 1 aromatic carbocycles. The first-order valence-corrected chi connectivity index (χ1v) is 8.66. The highest BCUT2D eigenvalue weighted by atomic mass is 35.5. The molecule has 1 saturated heterocycles. The zero-order valence-corrected chi connectivity index (χ0v) is 15.7. The molecule has 8 nitrogen and oxygen atoms in total. The summed E-state index contributed by atoms with van der Waals surface area (Å²) >= 11 is 0. The van der Waals surface area contributed by atoms with Gasteiger partial charge in [-0.05, 0) is 25.9 Å². The fourth-order valence-corrected chi connectivity index (χ4v) is 3.06. The molecular weight excluding hydrogens is 368 g/mol. The van der Waals surface area contributed by atoms with E-state index in [9.17, 15) is 4.79 Å². The average molecular weight is 389 g/mol. The first-order valence-electron chi connectivity index (χ1n) is 8.66. The molecule has 3 heterocycles. The topological polar surface area (TPSA) is 97.9 Å². The van der Waals surface area contributed by atoms with E-state index in [4.69, 9.17) is 4.52 Å². The third kappa shape index (κ3) is 4.17. The van der Waals surface area contributed by atoms with E-state index in [-0.39, 0.29) is 18.2 Å². The normalized spacial score (nSPS) is 14.6. The molecule has 9 heteroatoms. The lowest BCUT2D eigenvalue weighted by molar-refractivity contribution is 0.0986. The summed E-state index contributed by atoms with van der Waals surface area (Å²) in [6.07, 6.45) is 2.00. The van der Waals surface area contributed by atoms with Crippen LogP contribution in [0, 0.1) is 0 Å². The zero-order valence-electron chi connectivity index (χ0n) is 14.9. The Bertz CT molecular complexity index is 902. The maximum absolute atomic E-state index is 12.5. The third-order valence-corrected chi connectivity index (χ3v) is 4.51. The summed E-state index contributed by atoms with van der Waals surface area (Å²) in [6, 6.07) is 11.2. The molecule has 4 rings (SSSR count). The van der Waals surface area contributed by atoms with Crippen molar-refractivity contribution >= 4 is 24.3 Å². The van der Waals surface area contributed by atoms with Gasteiger partial charge in [0.25, 0.3) is 5.91 Å². The first-order chi connectivity index (χ1) is 12.7. The van der Waals surface area contributed by atoms with Crippen molar-refractivity contribution in [2.24, 2.45) is 7.05 Å². The van der Waals surface area contributed by atoms with Gasteiger partial charge in [-0.3, -0.25) is 10.1 Å². The standard InChI is InChI=1S/C18H20N6O2.ClH/c1-24-18(20-16(22-24)13-7-9-19-10-8-13)21-17(25)15-11-14(23-26-15)12-5-3-2-4-6-12;/h2-6,11,13,19H,7-10H2,1H3,(H,20,21,22,25);1H. The number of nitrogens with one attached hydrogen (secondary N) is 2. The summed E-state index contributed by atoms with van der Waals surface area (Å²) in [7, 11) is 1.77. The molecule has 0 aliphatic carbocycles. The number of anilines is 1. The lowest BCUT2D eigenvalue weighted by Gasteiger charge is -2.19. The van der Waals surface area contributed by atoms with Crippen molar-refractivity contribution in [3.63, 3.8) is 0 Å². The van der Waals surface area contributed by atoms with Gasteiger partial charge in [-0.25, -0.2) is 4.68 Å². The molecule has 0 bridgehead atoms. The number of hydrogen-bond acceptors (Lipinski definition) is 6. The number of piperidine rings is 1. The Balaban J connectivity index is 0.00000210. The lowest BCUT2D eigenvalue weighted by atomic mass is 9.98. The highest BCUT2D eigenvalue weighted by Gasteiger charge is 2.22. The molecule has 1 aliphatic rings. The van der Waals surface area contributed by atoms with Crippen LogP contribution in [0.3, 0.4) is 0 Å². The Kier molecular flexibility index (Phi) is 5.88. The minimum Gasteiger partial charge on any atom is -0.350 e. The van der Waals surface area contributed by atoms with Gasteiger partial charge in [0.05, 0.1) is 0 Å². The SMILES string of the molecule is Cl.Cn1nc(C2CCNCC2)nc1NC(=O)c1cc(-c2ccccc2)no1.